The molecule has 1 fully saturated rings. The zero-order valence-electron chi connectivity index (χ0n) is 39.2. The number of fused-ring (bicyclic) bond motifs is 1. The molecule has 0 saturated carbocycles. The minimum atomic E-state index is -0.964. The molecule has 1 aliphatic rings. The van der Waals surface area contributed by atoms with Crippen LogP contribution in [0, 0.1) is 12.3 Å². The van der Waals surface area contributed by atoms with Crippen molar-refractivity contribution in [2.75, 3.05) is 91.6 Å². The molecule has 0 aliphatic carbocycles. The molecular formula is C49H64N6O10S2. The minimum Gasteiger partial charge on any atom is -0.491 e. The third-order valence-corrected chi connectivity index (χ3v) is 13.1. The summed E-state index contributed by atoms with van der Waals surface area (Å²) in [6.07, 6.45) is -0.780. The van der Waals surface area contributed by atoms with Crippen molar-refractivity contribution < 1.29 is 47.9 Å². The number of aliphatic hydroxyl groups excluding tert-OH is 1. The number of anilines is 1. The molecule has 2 aromatic heterocycles. The molecule has 3 aromatic carbocycles. The van der Waals surface area contributed by atoms with E-state index in [1.165, 1.54) is 4.90 Å². The van der Waals surface area contributed by atoms with E-state index in [4.69, 9.17) is 33.4 Å². The lowest BCUT2D eigenvalue weighted by molar-refractivity contribution is -0.144. The molecule has 1 saturated heterocycles. The number of β-amino-alcohol motifs (C(OH)–C–C–N with tert-alkyl or cyclic N) is 1. The van der Waals surface area contributed by atoms with Crippen molar-refractivity contribution in [2.24, 2.45) is 5.41 Å². The van der Waals surface area contributed by atoms with Crippen LogP contribution in [0.3, 0.4) is 0 Å². The lowest BCUT2D eigenvalue weighted by Crippen LogP contribution is -2.58. The second-order valence-corrected chi connectivity index (χ2v) is 19.1. The molecule has 18 heteroatoms. The van der Waals surface area contributed by atoms with Crippen molar-refractivity contribution in [2.45, 2.75) is 65.3 Å². The Kier molecular flexibility index (Phi) is 19.4. The highest BCUT2D eigenvalue weighted by Crippen LogP contribution is 2.33. The topological polar surface area (TPSA) is 192 Å². The molecule has 6 rings (SSSR count). The smallest absolute Gasteiger partial charge is 0.246 e. The van der Waals surface area contributed by atoms with E-state index in [0.717, 1.165) is 53.9 Å². The summed E-state index contributed by atoms with van der Waals surface area (Å²) in [6, 6.07) is 19.8. The Bertz CT molecular complexity index is 2330. The second kappa shape index (κ2) is 25.4. The van der Waals surface area contributed by atoms with Gasteiger partial charge in [-0.1, -0.05) is 45.0 Å². The Morgan fingerprint density at radius 1 is 0.821 bits per heavy atom. The van der Waals surface area contributed by atoms with Crippen LogP contribution in [0.2, 0.25) is 0 Å². The van der Waals surface area contributed by atoms with Gasteiger partial charge in [-0.2, -0.15) is 0 Å². The molecule has 5 aromatic rings. The number of benzene rings is 3. The molecule has 4 atom stereocenters. The maximum absolute atomic E-state index is 14.0. The number of aromatic nitrogens is 2. The molecule has 362 valence electrons. The zero-order chi connectivity index (χ0) is 47.8. The number of likely N-dealkylation sites (tertiary alicyclic amines) is 1. The Balaban J connectivity index is 0.782. The molecule has 1 aliphatic heterocycles. The monoisotopic (exact) mass is 960 g/mol. The van der Waals surface area contributed by atoms with E-state index >= 15 is 0 Å². The van der Waals surface area contributed by atoms with Gasteiger partial charge in [0.15, 0.2) is 0 Å². The molecule has 0 bridgehead atoms. The Morgan fingerprint density at radius 2 is 1.43 bits per heavy atom. The maximum Gasteiger partial charge on any atom is 0.246 e. The fourth-order valence-corrected chi connectivity index (χ4v) is 9.19. The van der Waals surface area contributed by atoms with E-state index < -0.39 is 35.4 Å². The number of hydrogen-bond acceptors (Lipinski definition) is 15. The van der Waals surface area contributed by atoms with Crippen molar-refractivity contribution in [1.29, 1.82) is 0 Å². The predicted molar refractivity (Wildman–Crippen MR) is 261 cm³/mol. The number of aliphatic hydroxyl groups is 1. The summed E-state index contributed by atoms with van der Waals surface area (Å²) in [6.45, 7) is 12.7. The molecule has 67 heavy (non-hydrogen) atoms. The van der Waals surface area contributed by atoms with Gasteiger partial charge in [-0.25, -0.2) is 9.97 Å². The number of hydrogen-bond donors (Lipinski definition) is 4. The highest BCUT2D eigenvalue weighted by atomic mass is 32.1. The normalized spacial score (nSPS) is 16.0. The number of thiazole rings is 2. The molecule has 3 heterocycles. The van der Waals surface area contributed by atoms with E-state index in [2.05, 4.69) is 33.1 Å². The standard InChI is InChI=1S/C49H64N6O10S2/c1-32(34-7-9-35(10-8-34)44-33(2)51-31-66-44)52-46(58)41-27-38(56)29-55(41)48(59)45(49(3,4)5)54-43(57)30-64-24-23-62-20-19-60-17-18-61-21-22-63-25-26-65-39-15-16-40-42(28-39)67-47(53-40)36-11-13-37(50-6)14-12-36/h7-16,28,31-32,38,41,45,50,56H,17-27,29-30H2,1-6H3,(H,52,58)(H,54,57). The van der Waals surface area contributed by atoms with Crippen molar-refractivity contribution in [3.8, 4) is 26.8 Å². The SMILES string of the molecule is CNc1ccc(-c2nc3ccc(OCCOCCOCCOCCOCCOCC(=O)NC(C(=O)N4CC(O)CC4C(=O)NC(C)c4ccc(-c5scnc5C)cc4)C(C)(C)C)cc3s2)cc1. The van der Waals surface area contributed by atoms with E-state index in [1.807, 2.05) is 102 Å². The fraction of sp³-hybridized carbons (Fsp3) is 0.490. The van der Waals surface area contributed by atoms with Gasteiger partial charge in [0, 0.05) is 31.3 Å². The Hall–Kier alpha value is -5.05. The number of ether oxygens (including phenoxy) is 6. The van der Waals surface area contributed by atoms with Crippen LogP contribution in [0.5, 0.6) is 5.75 Å². The maximum atomic E-state index is 14.0. The van der Waals surface area contributed by atoms with Gasteiger partial charge in [-0.3, -0.25) is 14.4 Å². The number of carbonyl (C=O) groups excluding carboxylic acids is 3. The number of amides is 3. The largest absolute Gasteiger partial charge is 0.491 e. The van der Waals surface area contributed by atoms with Gasteiger partial charge >= 0.3 is 0 Å². The van der Waals surface area contributed by atoms with Gasteiger partial charge < -0.3 is 54.4 Å². The van der Waals surface area contributed by atoms with Crippen molar-refractivity contribution in [3.05, 3.63) is 83.5 Å². The van der Waals surface area contributed by atoms with Gasteiger partial charge in [0.2, 0.25) is 17.7 Å². The second-order valence-electron chi connectivity index (χ2n) is 17.2. The first kappa shape index (κ1) is 51.3. The average molecular weight is 961 g/mol. The predicted octanol–water partition coefficient (Wildman–Crippen LogP) is 6.27. The van der Waals surface area contributed by atoms with Crippen LogP contribution in [0.25, 0.3) is 31.2 Å². The molecule has 4 unspecified atom stereocenters. The fourth-order valence-electron chi connectivity index (χ4n) is 7.38. The molecular weight excluding hydrogens is 897 g/mol. The lowest BCUT2D eigenvalue weighted by atomic mass is 9.85. The number of rotatable bonds is 26. The first-order chi connectivity index (χ1) is 32.3. The van der Waals surface area contributed by atoms with Gasteiger partial charge in [-0.05, 0) is 72.9 Å². The minimum absolute atomic E-state index is 0.0171. The quantitative estimate of drug-likeness (QED) is 0.0454. The highest BCUT2D eigenvalue weighted by molar-refractivity contribution is 7.21. The van der Waals surface area contributed by atoms with Gasteiger partial charge in [0.25, 0.3) is 0 Å². The Labute approximate surface area is 400 Å². The third-order valence-electron chi connectivity index (χ3n) is 11.1. The van der Waals surface area contributed by atoms with Crippen LogP contribution in [0.4, 0.5) is 5.69 Å². The molecule has 3 amide bonds. The van der Waals surface area contributed by atoms with Crippen LogP contribution in [0.15, 0.2) is 72.2 Å². The lowest BCUT2D eigenvalue weighted by Gasteiger charge is -2.35. The number of nitrogens with one attached hydrogen (secondary N) is 3. The molecule has 4 N–H and O–H groups in total. The van der Waals surface area contributed by atoms with E-state index in [1.54, 1.807) is 22.7 Å². The summed E-state index contributed by atoms with van der Waals surface area (Å²) in [7, 11) is 1.90. The molecule has 0 spiro atoms. The molecule has 0 radical (unpaired) electrons. The van der Waals surface area contributed by atoms with Crippen molar-refractivity contribution in [1.82, 2.24) is 25.5 Å². The van der Waals surface area contributed by atoms with E-state index in [-0.39, 0.29) is 44.7 Å². The summed E-state index contributed by atoms with van der Waals surface area (Å²) < 4.78 is 34.8. The summed E-state index contributed by atoms with van der Waals surface area (Å²) in [5.74, 6) is -0.517. The van der Waals surface area contributed by atoms with Crippen LogP contribution < -0.4 is 20.7 Å². The first-order valence-corrected chi connectivity index (χ1v) is 24.3. The van der Waals surface area contributed by atoms with Crippen LogP contribution in [0.1, 0.15) is 51.4 Å². The van der Waals surface area contributed by atoms with Crippen LogP contribution in [-0.2, 0) is 38.1 Å². The number of aryl methyl sites for hydroxylation is 1. The molecule has 16 nitrogen and oxygen atoms in total. The number of carbonyl (C=O) groups is 3. The van der Waals surface area contributed by atoms with Gasteiger partial charge in [0.1, 0.15) is 36.1 Å². The highest BCUT2D eigenvalue weighted by Gasteiger charge is 2.44. The van der Waals surface area contributed by atoms with Crippen molar-refractivity contribution >= 4 is 56.3 Å². The third kappa shape index (κ3) is 15.2. The number of nitrogens with zero attached hydrogens (tertiary/aromatic N) is 3. The summed E-state index contributed by atoms with van der Waals surface area (Å²) in [5.41, 5.74) is 7.11. The summed E-state index contributed by atoms with van der Waals surface area (Å²) in [4.78, 5) is 52.1. The van der Waals surface area contributed by atoms with E-state index in [0.29, 0.717) is 52.9 Å². The van der Waals surface area contributed by atoms with Gasteiger partial charge in [0.05, 0.1) is 97.9 Å². The summed E-state index contributed by atoms with van der Waals surface area (Å²) in [5, 5.41) is 20.5. The van der Waals surface area contributed by atoms with Crippen molar-refractivity contribution in [3.63, 3.8) is 0 Å². The first-order valence-electron chi connectivity index (χ1n) is 22.6. The zero-order valence-corrected chi connectivity index (χ0v) is 40.8. The Morgan fingerprint density at radius 3 is 2.03 bits per heavy atom. The van der Waals surface area contributed by atoms with Gasteiger partial charge in [-0.15, -0.1) is 22.7 Å². The van der Waals surface area contributed by atoms with Crippen LogP contribution in [-0.4, -0.2) is 142 Å². The summed E-state index contributed by atoms with van der Waals surface area (Å²) >= 11 is 3.21. The average Bonchev–Trinajstić information content (AvgIpc) is 4.06. The van der Waals surface area contributed by atoms with Crippen LogP contribution >= 0.6 is 22.7 Å². The van der Waals surface area contributed by atoms with E-state index in [9.17, 15) is 19.5 Å².